The third kappa shape index (κ3) is 7.96. The van der Waals surface area contributed by atoms with Crippen LogP contribution in [0.25, 0.3) is 0 Å². The molecular weight excluding hydrogens is 492 g/mol. The van der Waals surface area contributed by atoms with Crippen LogP contribution in [-0.4, -0.2) is 94.9 Å². The van der Waals surface area contributed by atoms with Crippen molar-refractivity contribution in [3.05, 3.63) is 22.7 Å². The van der Waals surface area contributed by atoms with Gasteiger partial charge in [0.05, 0.1) is 29.6 Å². The van der Waals surface area contributed by atoms with Gasteiger partial charge in [-0.25, -0.2) is 4.79 Å². The summed E-state index contributed by atoms with van der Waals surface area (Å²) in [5.41, 5.74) is -0.317. The average molecular weight is 521 g/mol. The molecular formula is C23H28CaO11+2. The maximum Gasteiger partial charge on any atom is 2.00 e. The Hall–Kier alpha value is -2.08. The van der Waals surface area contributed by atoms with Gasteiger partial charge in [0, 0.05) is 38.0 Å². The third-order valence-corrected chi connectivity index (χ3v) is 5.73. The van der Waals surface area contributed by atoms with Crippen LogP contribution >= 0.6 is 0 Å². The Labute approximate surface area is 231 Å². The molecule has 0 bridgehead atoms. The molecule has 12 heteroatoms. The Balaban J connectivity index is 0.000000343. The van der Waals surface area contributed by atoms with Gasteiger partial charge in [-0.3, -0.25) is 24.0 Å². The summed E-state index contributed by atoms with van der Waals surface area (Å²) in [6, 6.07) is 0. The van der Waals surface area contributed by atoms with Gasteiger partial charge < -0.3 is 19.8 Å². The molecule has 3 saturated carbocycles. The van der Waals surface area contributed by atoms with E-state index >= 15 is 0 Å². The summed E-state index contributed by atoms with van der Waals surface area (Å²) in [6.07, 6.45) is 1.26. The summed E-state index contributed by atoms with van der Waals surface area (Å²) >= 11 is 0. The molecule has 0 radical (unpaired) electrons. The number of rotatable bonds is 5. The second-order valence-electron chi connectivity index (χ2n) is 8.28. The van der Waals surface area contributed by atoms with Crippen molar-refractivity contribution in [1.29, 1.82) is 0 Å². The molecule has 0 spiro atoms. The van der Waals surface area contributed by atoms with Crippen molar-refractivity contribution in [2.45, 2.75) is 58.8 Å². The predicted octanol–water partition coefficient (Wildman–Crippen LogP) is 1.71. The minimum atomic E-state index is -1.00. The fourth-order valence-corrected chi connectivity index (χ4v) is 3.77. The van der Waals surface area contributed by atoms with Crippen molar-refractivity contribution in [3.63, 3.8) is 0 Å². The van der Waals surface area contributed by atoms with Gasteiger partial charge in [0.2, 0.25) is 0 Å². The Morgan fingerprint density at radius 3 is 1.57 bits per heavy atom. The van der Waals surface area contributed by atoms with Gasteiger partial charge in [0.25, 0.3) is 0 Å². The van der Waals surface area contributed by atoms with Crippen molar-refractivity contribution in [3.8, 4) is 0 Å². The minimum absolute atomic E-state index is 0. The molecule has 3 fully saturated rings. The molecule has 186 valence electrons. The number of aliphatic hydroxyl groups excluding tert-OH is 2. The van der Waals surface area contributed by atoms with Gasteiger partial charge >= 0.3 is 49.7 Å². The van der Waals surface area contributed by atoms with Gasteiger partial charge in [-0.1, -0.05) is 6.92 Å². The second-order valence-corrected chi connectivity index (χ2v) is 8.28. The molecule has 0 saturated heterocycles. The standard InChI is InChI=1S/C13H16O5.C10H12O6.Ca/c1-2-18-13(17)8-5-9(14)11(10(15)6-8)12(16)7-3-4-7;1-2-6(11)9-7(12)3-5(4-8(9)13)10(14)16-15;/h7-8,16H,2-6H2,1H3;5,11,15H,2-4H2,1H3;/q;;+2. The molecule has 0 amide bonds. The van der Waals surface area contributed by atoms with Gasteiger partial charge in [0.1, 0.15) is 11.5 Å². The summed E-state index contributed by atoms with van der Waals surface area (Å²) in [4.78, 5) is 72.7. The number of hydrogen-bond acceptors (Lipinski definition) is 11. The number of ether oxygens (including phenoxy) is 1. The molecule has 35 heavy (non-hydrogen) atoms. The zero-order valence-electron chi connectivity index (χ0n) is 19.7. The van der Waals surface area contributed by atoms with Crippen LogP contribution in [0.5, 0.6) is 0 Å². The van der Waals surface area contributed by atoms with E-state index in [-0.39, 0.29) is 105 Å². The van der Waals surface area contributed by atoms with Gasteiger partial charge in [-0.05, 0) is 19.8 Å². The van der Waals surface area contributed by atoms with Crippen LogP contribution in [0.1, 0.15) is 58.8 Å². The molecule has 3 aliphatic carbocycles. The van der Waals surface area contributed by atoms with Crippen LogP contribution in [0.4, 0.5) is 0 Å². The van der Waals surface area contributed by atoms with Crippen molar-refractivity contribution in [2.75, 3.05) is 6.61 Å². The van der Waals surface area contributed by atoms with Crippen LogP contribution in [0.3, 0.4) is 0 Å². The largest absolute Gasteiger partial charge is 2.00 e. The van der Waals surface area contributed by atoms with E-state index in [2.05, 4.69) is 4.89 Å². The first-order chi connectivity index (χ1) is 16.0. The molecule has 3 rings (SSSR count). The van der Waals surface area contributed by atoms with E-state index in [1.807, 2.05) is 0 Å². The molecule has 0 heterocycles. The van der Waals surface area contributed by atoms with Crippen molar-refractivity contribution in [1.82, 2.24) is 0 Å². The van der Waals surface area contributed by atoms with E-state index in [0.717, 1.165) is 12.8 Å². The number of esters is 1. The predicted molar refractivity (Wildman–Crippen MR) is 119 cm³/mol. The van der Waals surface area contributed by atoms with Crippen molar-refractivity contribution < 1.29 is 53.9 Å². The fourth-order valence-electron chi connectivity index (χ4n) is 3.77. The number of ketones is 4. The summed E-state index contributed by atoms with van der Waals surface area (Å²) in [6.45, 7) is 3.51. The SMILES string of the molecule is CCC(O)=C1C(=O)CC(C(=O)OO)CC1=O.CCOC(=O)C1CC(=O)C(=C(O)C2CC2)C(=O)C1.[Ca+2]. The Morgan fingerprint density at radius 1 is 0.771 bits per heavy atom. The number of Topliss-reactive ketones (excluding diaryl/α,β-unsaturated/α-hetero) is 4. The van der Waals surface area contributed by atoms with Crippen molar-refractivity contribution >= 4 is 72.8 Å². The van der Waals surface area contributed by atoms with Crippen molar-refractivity contribution in [2.24, 2.45) is 17.8 Å². The maximum absolute atomic E-state index is 11.9. The molecule has 0 atom stereocenters. The van der Waals surface area contributed by atoms with Crippen LogP contribution in [0.15, 0.2) is 22.7 Å². The molecule has 3 N–H and O–H groups in total. The van der Waals surface area contributed by atoms with Gasteiger partial charge in [-0.2, -0.15) is 5.26 Å². The first kappa shape index (κ1) is 31.0. The first-order valence-corrected chi connectivity index (χ1v) is 11.0. The Morgan fingerprint density at radius 2 is 1.20 bits per heavy atom. The topological polar surface area (TPSA) is 182 Å². The Kier molecular flexibility index (Phi) is 12.3. The quantitative estimate of drug-likeness (QED) is 0.0912. The number of allylic oxidation sites excluding steroid dienone is 4. The molecule has 0 aromatic rings. The normalized spacial score (nSPS) is 21.9. The first-order valence-electron chi connectivity index (χ1n) is 11.0. The van der Waals surface area contributed by atoms with E-state index in [1.165, 1.54) is 0 Å². The smallest absolute Gasteiger partial charge is 0.511 e. The van der Waals surface area contributed by atoms with Crippen LogP contribution in [0.2, 0.25) is 0 Å². The minimum Gasteiger partial charge on any atom is -0.511 e. The van der Waals surface area contributed by atoms with E-state index in [4.69, 9.17) is 9.99 Å². The van der Waals surface area contributed by atoms with E-state index in [1.54, 1.807) is 13.8 Å². The average Bonchev–Trinajstić information content (AvgIpc) is 3.63. The van der Waals surface area contributed by atoms with E-state index in [0.29, 0.717) is 0 Å². The molecule has 0 aromatic carbocycles. The summed E-state index contributed by atoms with van der Waals surface area (Å²) in [5, 5.41) is 27.3. The fraction of sp³-hybridized carbons (Fsp3) is 0.565. The van der Waals surface area contributed by atoms with Gasteiger partial charge in [0.15, 0.2) is 23.1 Å². The molecule has 0 aromatic heterocycles. The number of carbonyl (C=O) groups excluding carboxylic acids is 6. The molecule has 3 aliphatic rings. The second kappa shape index (κ2) is 13.9. The van der Waals surface area contributed by atoms with Crippen LogP contribution in [-0.2, 0) is 38.4 Å². The van der Waals surface area contributed by atoms with E-state index < -0.39 is 46.9 Å². The number of aliphatic hydroxyl groups is 2. The summed E-state index contributed by atoms with van der Waals surface area (Å²) in [7, 11) is 0. The van der Waals surface area contributed by atoms with Crippen LogP contribution < -0.4 is 0 Å². The van der Waals surface area contributed by atoms with E-state index in [9.17, 15) is 39.0 Å². The molecule has 0 unspecified atom stereocenters. The number of carbonyl (C=O) groups is 6. The monoisotopic (exact) mass is 520 g/mol. The Bertz CT molecular complexity index is 919. The summed E-state index contributed by atoms with van der Waals surface area (Å²) in [5.74, 6) is -5.59. The van der Waals surface area contributed by atoms with Gasteiger partial charge in [-0.15, -0.1) is 0 Å². The number of hydrogen-bond donors (Lipinski definition) is 3. The van der Waals surface area contributed by atoms with Crippen LogP contribution in [0, 0.1) is 17.8 Å². The summed E-state index contributed by atoms with van der Waals surface area (Å²) < 4.78 is 4.81. The zero-order chi connectivity index (χ0) is 25.6. The zero-order valence-corrected chi connectivity index (χ0v) is 21.9. The maximum atomic E-state index is 11.9. The molecule has 11 nitrogen and oxygen atoms in total. The third-order valence-electron chi connectivity index (χ3n) is 5.73. The molecule has 0 aliphatic heterocycles.